The number of rotatable bonds is 5. The smallest absolute Gasteiger partial charge is 0.226 e. The minimum absolute atomic E-state index is 0.0887. The summed E-state index contributed by atoms with van der Waals surface area (Å²) < 4.78 is 15.3. The van der Waals surface area contributed by atoms with Crippen LogP contribution < -0.4 is 16.2 Å². The number of carbonyl (C=O) groups is 1. The van der Waals surface area contributed by atoms with Gasteiger partial charge in [0.15, 0.2) is 0 Å². The third-order valence-electron chi connectivity index (χ3n) is 4.65. The Labute approximate surface area is 156 Å². The Morgan fingerprint density at radius 1 is 1.22 bits per heavy atom. The van der Waals surface area contributed by atoms with Crippen LogP contribution in [0.3, 0.4) is 0 Å². The van der Waals surface area contributed by atoms with Gasteiger partial charge >= 0.3 is 0 Å². The molecule has 1 fully saturated rings. The van der Waals surface area contributed by atoms with E-state index < -0.39 is 0 Å². The summed E-state index contributed by atoms with van der Waals surface area (Å²) in [7, 11) is 0. The maximum Gasteiger partial charge on any atom is 0.226 e. The zero-order chi connectivity index (χ0) is 18.6. The molecule has 2 unspecified atom stereocenters. The number of nitrogens with one attached hydrogen (secondary N) is 3. The Morgan fingerprint density at radius 2 is 2.07 bits per heavy atom. The molecule has 1 amide bonds. The van der Waals surface area contributed by atoms with Crippen LogP contribution in [0.2, 0.25) is 0 Å². The predicted octanol–water partition coefficient (Wildman–Crippen LogP) is 2.09. The lowest BCUT2D eigenvalue weighted by Gasteiger charge is -2.18. The molecule has 3 N–H and O–H groups in total. The molecule has 3 aromatic rings. The summed E-state index contributed by atoms with van der Waals surface area (Å²) in [5.74, 6) is -0.723. The summed E-state index contributed by atoms with van der Waals surface area (Å²) in [4.78, 5) is 12.7. The van der Waals surface area contributed by atoms with Crippen LogP contribution in [0.15, 0.2) is 67.0 Å². The molecule has 2 atom stereocenters. The van der Waals surface area contributed by atoms with Crippen molar-refractivity contribution in [3.8, 4) is 5.69 Å². The highest BCUT2D eigenvalue weighted by Gasteiger charge is 2.33. The number of hydrogen-bond donors (Lipinski definition) is 3. The lowest BCUT2D eigenvalue weighted by Crippen LogP contribution is -2.34. The maximum absolute atomic E-state index is 13.5. The van der Waals surface area contributed by atoms with Crippen molar-refractivity contribution >= 4 is 5.91 Å². The maximum atomic E-state index is 13.5. The fourth-order valence-electron chi connectivity index (χ4n) is 3.25. The molecule has 6 nitrogen and oxygen atoms in total. The number of nitrogens with zero attached hydrogens (tertiary/aromatic N) is 2. The molecule has 4 rings (SSSR count). The van der Waals surface area contributed by atoms with Crippen molar-refractivity contribution in [1.82, 2.24) is 25.9 Å². The van der Waals surface area contributed by atoms with Gasteiger partial charge in [-0.2, -0.15) is 5.10 Å². The van der Waals surface area contributed by atoms with E-state index in [1.165, 1.54) is 12.1 Å². The molecular formula is C20H20FN5O. The summed E-state index contributed by atoms with van der Waals surface area (Å²) in [6.07, 6.45) is 3.63. The second-order valence-electron chi connectivity index (χ2n) is 6.51. The van der Waals surface area contributed by atoms with Crippen molar-refractivity contribution in [2.24, 2.45) is 5.92 Å². The van der Waals surface area contributed by atoms with Gasteiger partial charge in [0, 0.05) is 24.8 Å². The summed E-state index contributed by atoms with van der Waals surface area (Å²) in [5, 5.41) is 7.29. The number of hydrogen-bond acceptors (Lipinski definition) is 4. The average molecular weight is 365 g/mol. The van der Waals surface area contributed by atoms with Gasteiger partial charge in [-0.1, -0.05) is 30.3 Å². The Bertz CT molecular complexity index is 927. The normalized spacial score (nSPS) is 19.1. The third kappa shape index (κ3) is 3.89. The van der Waals surface area contributed by atoms with E-state index in [0.29, 0.717) is 13.1 Å². The molecule has 7 heteroatoms. The highest BCUT2D eigenvalue weighted by Crippen LogP contribution is 2.25. The Hall–Kier alpha value is -3.03. The van der Waals surface area contributed by atoms with Gasteiger partial charge < -0.3 is 5.32 Å². The SMILES string of the molecule is O=C(NCc1cnn(-c2ccccc2)c1)C1CNNC1c1cccc(F)c1. The molecular weight excluding hydrogens is 345 g/mol. The first-order chi connectivity index (χ1) is 13.2. The molecule has 0 aliphatic carbocycles. The molecule has 1 saturated heterocycles. The molecule has 138 valence electrons. The van der Waals surface area contributed by atoms with Gasteiger partial charge in [0.2, 0.25) is 5.91 Å². The van der Waals surface area contributed by atoms with E-state index in [4.69, 9.17) is 0 Å². The van der Waals surface area contributed by atoms with E-state index in [0.717, 1.165) is 16.8 Å². The molecule has 0 spiro atoms. The van der Waals surface area contributed by atoms with Crippen LogP contribution in [0.1, 0.15) is 17.2 Å². The predicted molar refractivity (Wildman–Crippen MR) is 99.2 cm³/mol. The van der Waals surface area contributed by atoms with Crippen LogP contribution in [0.5, 0.6) is 0 Å². The monoisotopic (exact) mass is 365 g/mol. The van der Waals surface area contributed by atoms with E-state index >= 15 is 0 Å². The van der Waals surface area contributed by atoms with Crippen LogP contribution in [0.4, 0.5) is 4.39 Å². The van der Waals surface area contributed by atoms with Gasteiger partial charge in [0.05, 0.1) is 23.8 Å². The molecule has 2 heterocycles. The number of hydrazine groups is 1. The van der Waals surface area contributed by atoms with Gasteiger partial charge in [-0.3, -0.25) is 10.2 Å². The first kappa shape index (κ1) is 17.4. The van der Waals surface area contributed by atoms with Crippen LogP contribution >= 0.6 is 0 Å². The van der Waals surface area contributed by atoms with Gasteiger partial charge in [0.25, 0.3) is 0 Å². The molecule has 0 radical (unpaired) electrons. The quantitative estimate of drug-likeness (QED) is 0.648. The average Bonchev–Trinajstić information content (AvgIpc) is 3.36. The number of carbonyl (C=O) groups excluding carboxylic acids is 1. The van der Waals surface area contributed by atoms with Gasteiger partial charge in [0.1, 0.15) is 5.82 Å². The van der Waals surface area contributed by atoms with Crippen LogP contribution in [0, 0.1) is 11.7 Å². The zero-order valence-corrected chi connectivity index (χ0v) is 14.6. The first-order valence-corrected chi connectivity index (χ1v) is 8.81. The number of aromatic nitrogens is 2. The highest BCUT2D eigenvalue weighted by atomic mass is 19.1. The van der Waals surface area contributed by atoms with Crippen molar-refractivity contribution < 1.29 is 9.18 Å². The fraction of sp³-hybridized carbons (Fsp3) is 0.200. The summed E-state index contributed by atoms with van der Waals surface area (Å²) in [5.41, 5.74) is 8.68. The van der Waals surface area contributed by atoms with Crippen molar-refractivity contribution in [1.29, 1.82) is 0 Å². The van der Waals surface area contributed by atoms with Crippen LogP contribution in [-0.2, 0) is 11.3 Å². The van der Waals surface area contributed by atoms with Gasteiger partial charge in [-0.15, -0.1) is 0 Å². The summed E-state index contributed by atoms with van der Waals surface area (Å²) in [6, 6.07) is 15.8. The molecule has 27 heavy (non-hydrogen) atoms. The van der Waals surface area contributed by atoms with Crippen molar-refractivity contribution in [2.75, 3.05) is 6.54 Å². The van der Waals surface area contributed by atoms with E-state index in [1.807, 2.05) is 42.6 Å². The lowest BCUT2D eigenvalue weighted by atomic mass is 9.94. The van der Waals surface area contributed by atoms with Gasteiger partial charge in [-0.25, -0.2) is 14.5 Å². The van der Waals surface area contributed by atoms with Crippen molar-refractivity contribution in [2.45, 2.75) is 12.6 Å². The highest BCUT2D eigenvalue weighted by molar-refractivity contribution is 5.80. The third-order valence-corrected chi connectivity index (χ3v) is 4.65. The zero-order valence-electron chi connectivity index (χ0n) is 14.6. The number of halogens is 1. The molecule has 1 aromatic heterocycles. The van der Waals surface area contributed by atoms with Gasteiger partial charge in [-0.05, 0) is 29.8 Å². The number of para-hydroxylation sites is 1. The second-order valence-corrected chi connectivity index (χ2v) is 6.51. The molecule has 1 aliphatic heterocycles. The van der Waals surface area contributed by atoms with E-state index in [2.05, 4.69) is 21.3 Å². The van der Waals surface area contributed by atoms with Crippen LogP contribution in [-0.4, -0.2) is 22.2 Å². The molecule has 0 saturated carbocycles. The Morgan fingerprint density at radius 3 is 2.89 bits per heavy atom. The Balaban J connectivity index is 1.40. The molecule has 2 aromatic carbocycles. The van der Waals surface area contributed by atoms with Crippen LogP contribution in [0.25, 0.3) is 5.69 Å². The van der Waals surface area contributed by atoms with E-state index in [-0.39, 0.29) is 23.7 Å². The second kappa shape index (κ2) is 7.69. The van der Waals surface area contributed by atoms with Crippen molar-refractivity contribution in [3.05, 3.63) is 83.9 Å². The molecule has 1 aliphatic rings. The fourth-order valence-corrected chi connectivity index (χ4v) is 3.25. The van der Waals surface area contributed by atoms with E-state index in [1.54, 1.807) is 16.9 Å². The minimum atomic E-state index is -0.323. The first-order valence-electron chi connectivity index (χ1n) is 8.81. The summed E-state index contributed by atoms with van der Waals surface area (Å²) in [6.45, 7) is 0.869. The lowest BCUT2D eigenvalue weighted by molar-refractivity contribution is -0.125. The van der Waals surface area contributed by atoms with E-state index in [9.17, 15) is 9.18 Å². The summed E-state index contributed by atoms with van der Waals surface area (Å²) >= 11 is 0. The van der Waals surface area contributed by atoms with Crippen molar-refractivity contribution in [3.63, 3.8) is 0 Å². The molecule has 0 bridgehead atoms. The standard InChI is InChI=1S/C20H20FN5O/c21-16-6-4-5-15(9-16)19-18(12-23-25-19)20(27)22-10-14-11-24-26(13-14)17-7-2-1-3-8-17/h1-9,11,13,18-19,23,25H,10,12H2,(H,22,27). The minimum Gasteiger partial charge on any atom is -0.352 e. The topological polar surface area (TPSA) is 71.0 Å². The largest absolute Gasteiger partial charge is 0.352 e. The number of benzene rings is 2. The number of amides is 1. The Kier molecular flexibility index (Phi) is 4.95.